The van der Waals surface area contributed by atoms with Gasteiger partial charge in [-0.2, -0.15) is 0 Å². The number of ether oxygens (including phenoxy) is 1. The topological polar surface area (TPSA) is 93.5 Å². The molecule has 0 heterocycles. The van der Waals surface area contributed by atoms with Crippen molar-refractivity contribution in [2.75, 3.05) is 25.0 Å². The van der Waals surface area contributed by atoms with E-state index in [1.54, 1.807) is 13.0 Å². The van der Waals surface area contributed by atoms with Crippen LogP contribution < -0.4 is 15.4 Å². The maximum atomic E-state index is 11.3. The van der Waals surface area contributed by atoms with E-state index in [9.17, 15) is 14.9 Å². The quantitative estimate of drug-likeness (QED) is 0.577. The minimum Gasteiger partial charge on any atom is -0.487 e. The molecule has 0 saturated carbocycles. The summed E-state index contributed by atoms with van der Waals surface area (Å²) >= 11 is 0. The van der Waals surface area contributed by atoms with Gasteiger partial charge in [-0.3, -0.25) is 14.9 Å². The molecule has 0 saturated heterocycles. The lowest BCUT2D eigenvalue weighted by Gasteiger charge is -2.09. The molecule has 0 radical (unpaired) electrons. The van der Waals surface area contributed by atoms with Crippen molar-refractivity contribution in [2.24, 2.45) is 0 Å². The highest BCUT2D eigenvalue weighted by molar-refractivity contribution is 5.80. The summed E-state index contributed by atoms with van der Waals surface area (Å²) in [5, 5.41) is 16.3. The zero-order valence-electron chi connectivity index (χ0n) is 10.9. The van der Waals surface area contributed by atoms with Gasteiger partial charge < -0.3 is 15.4 Å². The number of carbonyl (C=O) groups is 1. The van der Waals surface area contributed by atoms with Crippen LogP contribution in [0.3, 0.4) is 0 Å². The number of hydrogen-bond donors (Lipinski definition) is 2. The second kappa shape index (κ2) is 7.20. The number of likely N-dealkylation sites (N-methyl/N-ethyl adjacent to an activating group) is 1. The third-order valence-corrected chi connectivity index (χ3v) is 2.28. The average Bonchev–Trinajstić information content (AvgIpc) is 2.37. The van der Waals surface area contributed by atoms with Gasteiger partial charge in [-0.15, -0.1) is 0 Å². The molecule has 0 aliphatic heterocycles. The average molecular weight is 267 g/mol. The molecule has 1 amide bonds. The molecule has 2 N–H and O–H groups in total. The number of benzene rings is 1. The summed E-state index contributed by atoms with van der Waals surface area (Å²) in [6, 6.07) is 4.41. The van der Waals surface area contributed by atoms with Crippen LogP contribution in [-0.2, 0) is 4.79 Å². The molecule has 0 atom stereocenters. The summed E-state index contributed by atoms with van der Waals surface area (Å²) in [5.74, 6) is 0.0483. The molecule has 7 heteroatoms. The number of nitrogens with one attached hydrogen (secondary N) is 2. The molecule has 0 aliphatic rings. The number of carbonyl (C=O) groups excluding carboxylic acids is 1. The lowest BCUT2D eigenvalue weighted by Crippen LogP contribution is -2.29. The van der Waals surface area contributed by atoms with E-state index < -0.39 is 4.92 Å². The highest BCUT2D eigenvalue weighted by atomic mass is 16.6. The minimum atomic E-state index is -0.501. The number of nitro groups is 1. The second-order valence-corrected chi connectivity index (χ2v) is 3.68. The molecule has 1 rings (SSSR count). The molecular weight excluding hydrogens is 250 g/mol. The Balaban J connectivity index is 2.77. The van der Waals surface area contributed by atoms with Gasteiger partial charge in [0, 0.05) is 24.4 Å². The summed E-state index contributed by atoms with van der Waals surface area (Å²) < 4.78 is 5.21. The summed E-state index contributed by atoms with van der Waals surface area (Å²) in [5.41, 5.74) is 0.505. The first-order chi connectivity index (χ1) is 9.08. The van der Waals surface area contributed by atoms with Crippen LogP contribution in [0.2, 0.25) is 0 Å². The van der Waals surface area contributed by atoms with Crippen LogP contribution in [0.5, 0.6) is 5.75 Å². The van der Waals surface area contributed by atoms with E-state index in [1.165, 1.54) is 12.1 Å². The van der Waals surface area contributed by atoms with Crippen molar-refractivity contribution >= 4 is 17.3 Å². The fourth-order valence-electron chi connectivity index (χ4n) is 1.49. The van der Waals surface area contributed by atoms with Crippen molar-refractivity contribution in [3.05, 3.63) is 28.3 Å². The van der Waals surface area contributed by atoms with Crippen LogP contribution in [0.4, 0.5) is 11.4 Å². The SMILES string of the molecule is CCNC(=O)CNc1ccc([N+](=O)[O-])c(OCC)c1. The van der Waals surface area contributed by atoms with Gasteiger partial charge in [-0.25, -0.2) is 0 Å². The Morgan fingerprint density at radius 3 is 2.74 bits per heavy atom. The van der Waals surface area contributed by atoms with Gasteiger partial charge >= 0.3 is 5.69 Å². The van der Waals surface area contributed by atoms with Gasteiger partial charge in [0.25, 0.3) is 0 Å². The van der Waals surface area contributed by atoms with E-state index in [4.69, 9.17) is 4.74 Å². The highest BCUT2D eigenvalue weighted by Crippen LogP contribution is 2.29. The fraction of sp³-hybridized carbons (Fsp3) is 0.417. The Morgan fingerprint density at radius 1 is 1.42 bits per heavy atom. The Kier molecular flexibility index (Phi) is 5.59. The van der Waals surface area contributed by atoms with Crippen molar-refractivity contribution in [1.82, 2.24) is 5.32 Å². The molecule has 1 aromatic rings. The molecule has 0 unspecified atom stereocenters. The number of nitrogens with zero attached hydrogens (tertiary/aromatic N) is 1. The summed E-state index contributed by atoms with van der Waals surface area (Å²) in [6.07, 6.45) is 0. The predicted molar refractivity (Wildman–Crippen MR) is 71.4 cm³/mol. The van der Waals surface area contributed by atoms with Crippen LogP contribution in [0.1, 0.15) is 13.8 Å². The van der Waals surface area contributed by atoms with E-state index >= 15 is 0 Å². The Labute approximate surface area is 111 Å². The first-order valence-corrected chi connectivity index (χ1v) is 6.00. The molecule has 0 aliphatic carbocycles. The molecule has 104 valence electrons. The third-order valence-electron chi connectivity index (χ3n) is 2.28. The van der Waals surface area contributed by atoms with Crippen LogP contribution in [-0.4, -0.2) is 30.5 Å². The zero-order valence-corrected chi connectivity index (χ0v) is 10.9. The monoisotopic (exact) mass is 267 g/mol. The Bertz CT molecular complexity index is 462. The third kappa shape index (κ3) is 4.46. The molecule has 7 nitrogen and oxygen atoms in total. The lowest BCUT2D eigenvalue weighted by molar-refractivity contribution is -0.385. The summed E-state index contributed by atoms with van der Waals surface area (Å²) in [6.45, 7) is 4.58. The number of anilines is 1. The van der Waals surface area contributed by atoms with Crippen molar-refractivity contribution in [3.63, 3.8) is 0 Å². The van der Waals surface area contributed by atoms with Gasteiger partial charge in [-0.1, -0.05) is 0 Å². The van der Waals surface area contributed by atoms with Crippen molar-refractivity contribution in [2.45, 2.75) is 13.8 Å². The van der Waals surface area contributed by atoms with Crippen molar-refractivity contribution in [3.8, 4) is 5.75 Å². The van der Waals surface area contributed by atoms with Gasteiger partial charge in [-0.05, 0) is 19.9 Å². The van der Waals surface area contributed by atoms with Crippen molar-refractivity contribution in [1.29, 1.82) is 0 Å². The van der Waals surface area contributed by atoms with Crippen LogP contribution in [0, 0.1) is 10.1 Å². The van der Waals surface area contributed by atoms with Crippen molar-refractivity contribution < 1.29 is 14.5 Å². The molecule has 0 spiro atoms. The first-order valence-electron chi connectivity index (χ1n) is 6.00. The maximum absolute atomic E-state index is 11.3. The maximum Gasteiger partial charge on any atom is 0.311 e. The largest absolute Gasteiger partial charge is 0.487 e. The lowest BCUT2D eigenvalue weighted by atomic mass is 10.2. The summed E-state index contributed by atoms with van der Waals surface area (Å²) in [7, 11) is 0. The zero-order chi connectivity index (χ0) is 14.3. The number of nitro benzene ring substituents is 1. The van der Waals surface area contributed by atoms with Crippen LogP contribution in [0.15, 0.2) is 18.2 Å². The molecule has 0 aromatic heterocycles. The number of hydrogen-bond acceptors (Lipinski definition) is 5. The first kappa shape index (κ1) is 14.7. The van der Waals surface area contributed by atoms with Gasteiger partial charge in [0.05, 0.1) is 18.1 Å². The smallest absolute Gasteiger partial charge is 0.311 e. The summed E-state index contributed by atoms with van der Waals surface area (Å²) in [4.78, 5) is 21.6. The van der Waals surface area contributed by atoms with Gasteiger partial charge in [0.2, 0.25) is 5.91 Å². The Morgan fingerprint density at radius 2 is 2.16 bits per heavy atom. The van der Waals surface area contributed by atoms with E-state index in [2.05, 4.69) is 10.6 Å². The molecule has 0 bridgehead atoms. The van der Waals surface area contributed by atoms with Gasteiger partial charge in [0.1, 0.15) is 0 Å². The van der Waals surface area contributed by atoms with E-state index in [0.29, 0.717) is 18.8 Å². The predicted octanol–water partition coefficient (Wildman–Crippen LogP) is 1.54. The minimum absolute atomic E-state index is 0.0922. The highest BCUT2D eigenvalue weighted by Gasteiger charge is 2.15. The molecule has 1 aromatic carbocycles. The normalized spacial score (nSPS) is 9.79. The molecular formula is C12H17N3O4. The van der Waals surface area contributed by atoms with E-state index in [0.717, 1.165) is 0 Å². The van der Waals surface area contributed by atoms with Gasteiger partial charge in [0.15, 0.2) is 5.75 Å². The number of rotatable bonds is 7. The van der Waals surface area contributed by atoms with Crippen LogP contribution >= 0.6 is 0 Å². The standard InChI is InChI=1S/C12H17N3O4/c1-3-13-12(16)8-14-9-5-6-10(15(17)18)11(7-9)19-4-2/h5-7,14H,3-4,8H2,1-2H3,(H,13,16). The van der Waals surface area contributed by atoms with E-state index in [1.807, 2.05) is 6.92 Å². The second-order valence-electron chi connectivity index (χ2n) is 3.68. The Hall–Kier alpha value is -2.31. The molecule has 0 fully saturated rings. The van der Waals surface area contributed by atoms with E-state index in [-0.39, 0.29) is 23.9 Å². The number of amides is 1. The fourth-order valence-corrected chi connectivity index (χ4v) is 1.49. The van der Waals surface area contributed by atoms with Crippen LogP contribution in [0.25, 0.3) is 0 Å². The molecule has 19 heavy (non-hydrogen) atoms.